The van der Waals surface area contributed by atoms with E-state index in [1.54, 1.807) is 0 Å². The van der Waals surface area contributed by atoms with Gasteiger partial charge < -0.3 is 4.74 Å². The molecule has 5 nitrogen and oxygen atoms in total. The van der Waals surface area contributed by atoms with Gasteiger partial charge in [-0.2, -0.15) is 0 Å². The third kappa shape index (κ3) is 2.09. The maximum absolute atomic E-state index is 13.4. The van der Waals surface area contributed by atoms with Crippen LogP contribution in [0, 0.1) is 16.7 Å². The fourth-order valence-corrected chi connectivity index (χ4v) is 5.33. The Bertz CT molecular complexity index is 896. The van der Waals surface area contributed by atoms with Gasteiger partial charge in [0, 0.05) is 23.3 Å². The smallest absolute Gasteiger partial charge is 0.246 e. The predicted molar refractivity (Wildman–Crippen MR) is 95.3 cm³/mol. The van der Waals surface area contributed by atoms with Gasteiger partial charge in [0.25, 0.3) is 0 Å². The lowest BCUT2D eigenvalue weighted by atomic mass is 9.50. The Hall–Kier alpha value is -2.30. The van der Waals surface area contributed by atoms with Crippen molar-refractivity contribution >= 4 is 17.3 Å². The van der Waals surface area contributed by atoms with Crippen molar-refractivity contribution in [2.75, 3.05) is 7.11 Å². The molecule has 1 heterocycles. The van der Waals surface area contributed by atoms with Gasteiger partial charge in [-0.1, -0.05) is 27.2 Å². The highest BCUT2D eigenvalue weighted by atomic mass is 16.5. The molecule has 1 fully saturated rings. The van der Waals surface area contributed by atoms with Crippen molar-refractivity contribution in [3.8, 4) is 0 Å². The summed E-state index contributed by atoms with van der Waals surface area (Å²) in [5, 5.41) is 0. The van der Waals surface area contributed by atoms with E-state index in [4.69, 9.17) is 4.74 Å². The summed E-state index contributed by atoms with van der Waals surface area (Å²) < 4.78 is 5.01. The number of fused-ring (bicyclic) bond motifs is 4. The van der Waals surface area contributed by atoms with E-state index >= 15 is 0 Å². The minimum atomic E-state index is -0.431. The molecule has 26 heavy (non-hydrogen) atoms. The topological polar surface area (TPSA) is 73.3 Å². The molecule has 3 aliphatic rings. The molecule has 1 aromatic rings. The van der Waals surface area contributed by atoms with E-state index < -0.39 is 11.2 Å². The van der Waals surface area contributed by atoms with Crippen LogP contribution in [0.4, 0.5) is 0 Å². The molecule has 3 aliphatic carbocycles. The van der Waals surface area contributed by atoms with Gasteiger partial charge in [0.2, 0.25) is 5.78 Å². The largest absolute Gasteiger partial charge is 0.492 e. The Morgan fingerprint density at radius 3 is 2.58 bits per heavy atom. The minimum Gasteiger partial charge on any atom is -0.492 e. The number of ketones is 3. The lowest BCUT2D eigenvalue weighted by Gasteiger charge is -2.52. The molecule has 0 unspecified atom stereocenters. The fourth-order valence-electron chi connectivity index (χ4n) is 5.33. The number of nitrogens with zero attached hydrogens (tertiary/aromatic N) is 1. The lowest BCUT2D eigenvalue weighted by Crippen LogP contribution is -2.51. The molecule has 5 heteroatoms. The summed E-state index contributed by atoms with van der Waals surface area (Å²) in [6, 6.07) is 0. The van der Waals surface area contributed by atoms with Crippen LogP contribution in [-0.4, -0.2) is 29.4 Å². The molecule has 0 N–H and O–H groups in total. The summed E-state index contributed by atoms with van der Waals surface area (Å²) in [7, 11) is 1.36. The first-order valence-corrected chi connectivity index (χ1v) is 9.12. The van der Waals surface area contributed by atoms with Crippen LogP contribution in [0.15, 0.2) is 18.0 Å². The zero-order valence-electron chi connectivity index (χ0n) is 15.6. The quantitative estimate of drug-likeness (QED) is 0.772. The number of ether oxygens (including phenoxy) is 1. The average molecular weight is 353 g/mol. The van der Waals surface area contributed by atoms with E-state index in [0.29, 0.717) is 23.1 Å². The summed E-state index contributed by atoms with van der Waals surface area (Å²) in [6.07, 6.45) is 6.28. The second-order valence-electron chi connectivity index (χ2n) is 8.63. The van der Waals surface area contributed by atoms with E-state index in [2.05, 4.69) is 25.8 Å². The van der Waals surface area contributed by atoms with E-state index in [0.717, 1.165) is 19.3 Å². The third-order valence-electron chi connectivity index (χ3n) is 6.76. The minimum absolute atomic E-state index is 0.0000736. The van der Waals surface area contributed by atoms with Crippen LogP contribution < -0.4 is 0 Å². The van der Waals surface area contributed by atoms with Crippen LogP contribution in [0.25, 0.3) is 0 Å². The van der Waals surface area contributed by atoms with Gasteiger partial charge in [0.1, 0.15) is 5.69 Å². The van der Waals surface area contributed by atoms with Crippen molar-refractivity contribution in [1.29, 1.82) is 0 Å². The Morgan fingerprint density at radius 1 is 1.15 bits per heavy atom. The molecular formula is C21H23NO4. The van der Waals surface area contributed by atoms with E-state index in [1.807, 2.05) is 0 Å². The summed E-state index contributed by atoms with van der Waals surface area (Å²) in [4.78, 5) is 42.8. The number of hydrogen-bond acceptors (Lipinski definition) is 5. The van der Waals surface area contributed by atoms with Gasteiger partial charge in [-0.15, -0.1) is 0 Å². The predicted octanol–water partition coefficient (Wildman–Crippen LogP) is 3.56. The number of rotatable bonds is 1. The number of pyridine rings is 1. The van der Waals surface area contributed by atoms with Crippen LogP contribution >= 0.6 is 0 Å². The molecule has 0 aliphatic heterocycles. The normalized spacial score (nSPS) is 29.5. The summed E-state index contributed by atoms with van der Waals surface area (Å²) in [5.41, 5.74) is 1.19. The summed E-state index contributed by atoms with van der Waals surface area (Å²) >= 11 is 0. The van der Waals surface area contributed by atoms with Crippen LogP contribution in [-0.2, 0) is 11.2 Å². The van der Waals surface area contributed by atoms with Crippen molar-refractivity contribution in [2.45, 2.75) is 46.5 Å². The molecular weight excluding hydrogens is 330 g/mol. The molecule has 1 saturated carbocycles. The van der Waals surface area contributed by atoms with Crippen LogP contribution in [0.2, 0.25) is 0 Å². The molecule has 1 aromatic heterocycles. The van der Waals surface area contributed by atoms with Crippen molar-refractivity contribution < 1.29 is 19.1 Å². The second kappa shape index (κ2) is 5.35. The first-order chi connectivity index (χ1) is 12.2. The number of aromatic nitrogens is 1. The molecule has 0 spiro atoms. The Morgan fingerprint density at radius 2 is 1.88 bits per heavy atom. The highest BCUT2D eigenvalue weighted by molar-refractivity contribution is 6.24. The van der Waals surface area contributed by atoms with Gasteiger partial charge >= 0.3 is 0 Å². The Kier molecular flexibility index (Phi) is 3.52. The molecule has 0 aromatic carbocycles. The molecule has 2 atom stereocenters. The van der Waals surface area contributed by atoms with Gasteiger partial charge in [0.15, 0.2) is 17.3 Å². The summed E-state index contributed by atoms with van der Waals surface area (Å²) in [6.45, 7) is 6.47. The number of methoxy groups -OCH3 is 1. The van der Waals surface area contributed by atoms with Gasteiger partial charge in [-0.05, 0) is 36.2 Å². The van der Waals surface area contributed by atoms with Crippen molar-refractivity contribution in [3.05, 3.63) is 40.4 Å². The molecule has 136 valence electrons. The van der Waals surface area contributed by atoms with Crippen molar-refractivity contribution in [1.82, 2.24) is 4.98 Å². The zero-order chi connectivity index (χ0) is 18.9. The first-order valence-electron chi connectivity index (χ1n) is 9.12. The number of carbonyl (C=O) groups is 3. The maximum Gasteiger partial charge on any atom is 0.246 e. The second-order valence-corrected chi connectivity index (χ2v) is 8.63. The van der Waals surface area contributed by atoms with E-state index in [1.165, 1.54) is 19.4 Å². The molecule has 0 saturated heterocycles. The first kappa shape index (κ1) is 17.1. The monoisotopic (exact) mass is 353 g/mol. The van der Waals surface area contributed by atoms with Gasteiger partial charge in [-0.3, -0.25) is 19.4 Å². The number of Topliss-reactive ketones (excluding diaryl/α,β-unsaturated/α-hetero) is 2. The van der Waals surface area contributed by atoms with Crippen LogP contribution in [0.1, 0.15) is 76.8 Å². The van der Waals surface area contributed by atoms with Crippen LogP contribution in [0.5, 0.6) is 0 Å². The number of carbonyl (C=O) groups excluding carboxylic acids is 3. The zero-order valence-corrected chi connectivity index (χ0v) is 15.6. The summed E-state index contributed by atoms with van der Waals surface area (Å²) in [5.74, 6) is -0.487. The number of allylic oxidation sites excluding steroid dienone is 2. The number of hydrogen-bond donors (Lipinski definition) is 0. The lowest BCUT2D eigenvalue weighted by molar-refractivity contribution is 0.00360. The SMILES string of the molecule is COC1=CC(=O)c2c(ncc3c2C[C@H]2C(C)(C)CCC[C@]2(C)C3=O)C1=O. The average Bonchev–Trinajstić information content (AvgIpc) is 2.59. The third-order valence-corrected chi connectivity index (χ3v) is 6.76. The fraction of sp³-hybridized carbons (Fsp3) is 0.524. The van der Waals surface area contributed by atoms with E-state index in [9.17, 15) is 14.4 Å². The molecule has 0 amide bonds. The standard InChI is InChI=1S/C21H23NO4/c1-20(2)6-5-7-21(3)15(20)8-11-12(19(21)25)10-22-17-16(11)13(23)9-14(26-4)18(17)24/h9-10,15H,5-8H2,1-4H3/t15-,21-/m0/s1. The highest BCUT2D eigenvalue weighted by Crippen LogP contribution is 2.56. The highest BCUT2D eigenvalue weighted by Gasteiger charge is 2.54. The maximum atomic E-state index is 13.4. The molecule has 0 radical (unpaired) electrons. The van der Waals surface area contributed by atoms with Crippen molar-refractivity contribution in [3.63, 3.8) is 0 Å². The van der Waals surface area contributed by atoms with Gasteiger partial charge in [0.05, 0.1) is 12.7 Å². The Labute approximate surface area is 152 Å². The van der Waals surface area contributed by atoms with Gasteiger partial charge in [-0.25, -0.2) is 0 Å². The Balaban J connectivity index is 1.93. The molecule has 4 rings (SSSR count). The van der Waals surface area contributed by atoms with E-state index in [-0.39, 0.29) is 34.4 Å². The van der Waals surface area contributed by atoms with Crippen molar-refractivity contribution in [2.24, 2.45) is 16.7 Å². The molecule has 0 bridgehead atoms. The van der Waals surface area contributed by atoms with Crippen LogP contribution in [0.3, 0.4) is 0 Å².